The number of fused-ring (bicyclic) bond motifs is 2. The summed E-state index contributed by atoms with van der Waals surface area (Å²) in [6, 6.07) is 34.3. The van der Waals surface area contributed by atoms with Gasteiger partial charge in [0.05, 0.1) is 58.8 Å². The fraction of sp³-hybridized carbons (Fsp3) is 0.341. The number of hydrogen-bond acceptors (Lipinski definition) is 7. The molecule has 2 aliphatic rings. The summed E-state index contributed by atoms with van der Waals surface area (Å²) < 4.78 is 20.4. The highest BCUT2D eigenvalue weighted by atomic mass is 28.3. The SMILES string of the molecule is COc1ccc([Si](C)(C)[C@H]2[C@H](CCn3cc(C(CO)c4ccccc4)nn3)O[C@@]3(C(=O)N(Cc4ccccc4)c4ccc(OC)cc43)[C@@H]2C)cc1. The maximum atomic E-state index is 15.1. The molecule has 1 N–H and O–H groups in total. The normalized spacial score (nSPS) is 22.0. The molecule has 1 saturated heterocycles. The Hall–Kier alpha value is -4.77. The van der Waals surface area contributed by atoms with Crippen molar-refractivity contribution in [3.63, 3.8) is 0 Å². The summed E-state index contributed by atoms with van der Waals surface area (Å²) in [5.41, 5.74) is 3.36. The molecular weight excluding hydrogens is 657 g/mol. The first-order valence-corrected chi connectivity index (χ1v) is 20.7. The Bertz CT molecular complexity index is 1970. The van der Waals surface area contributed by atoms with Crippen molar-refractivity contribution in [1.29, 1.82) is 0 Å². The molecule has 51 heavy (non-hydrogen) atoms. The highest BCUT2D eigenvalue weighted by Gasteiger charge is 2.66. The van der Waals surface area contributed by atoms with Gasteiger partial charge in [0.25, 0.3) is 5.91 Å². The van der Waals surface area contributed by atoms with Crippen LogP contribution in [0.25, 0.3) is 0 Å². The number of aliphatic hydroxyl groups excluding tert-OH is 1. The fourth-order valence-corrected chi connectivity index (χ4v) is 12.6. The minimum absolute atomic E-state index is 0.0363. The van der Waals surface area contributed by atoms with Gasteiger partial charge in [0, 0.05) is 24.2 Å². The van der Waals surface area contributed by atoms with Crippen LogP contribution in [0.2, 0.25) is 18.6 Å². The molecule has 0 radical (unpaired) electrons. The molecule has 0 saturated carbocycles. The van der Waals surface area contributed by atoms with Gasteiger partial charge in [-0.2, -0.15) is 0 Å². The zero-order chi connectivity index (χ0) is 35.8. The summed E-state index contributed by atoms with van der Waals surface area (Å²) in [4.78, 5) is 17.0. The number of hydrogen-bond donors (Lipinski definition) is 1. The second-order valence-electron chi connectivity index (χ2n) is 14.3. The first kappa shape index (κ1) is 34.7. The largest absolute Gasteiger partial charge is 0.497 e. The van der Waals surface area contributed by atoms with Crippen LogP contribution in [0.15, 0.2) is 109 Å². The minimum Gasteiger partial charge on any atom is -0.497 e. The van der Waals surface area contributed by atoms with Crippen LogP contribution in [0, 0.1) is 5.92 Å². The van der Waals surface area contributed by atoms with E-state index in [2.05, 4.69) is 54.6 Å². The number of benzene rings is 4. The molecule has 1 fully saturated rings. The van der Waals surface area contributed by atoms with Crippen molar-refractivity contribution >= 4 is 24.9 Å². The van der Waals surface area contributed by atoms with Gasteiger partial charge < -0.3 is 24.2 Å². The Morgan fingerprint density at radius 3 is 2.25 bits per heavy atom. The van der Waals surface area contributed by atoms with E-state index < -0.39 is 13.7 Å². The fourth-order valence-electron chi connectivity index (χ4n) is 8.51. The molecule has 264 valence electrons. The smallest absolute Gasteiger partial charge is 0.264 e. The zero-order valence-electron chi connectivity index (χ0n) is 29.9. The number of anilines is 1. The van der Waals surface area contributed by atoms with Gasteiger partial charge in [-0.15, -0.1) is 5.10 Å². The second-order valence-corrected chi connectivity index (χ2v) is 18.9. The quantitative estimate of drug-likeness (QED) is 0.153. The number of carbonyl (C=O) groups excluding carboxylic acids is 1. The number of rotatable bonds is 12. The van der Waals surface area contributed by atoms with Crippen LogP contribution in [0.4, 0.5) is 5.69 Å². The number of aromatic nitrogens is 3. The molecule has 5 aromatic rings. The van der Waals surface area contributed by atoms with Crippen molar-refractivity contribution in [3.05, 3.63) is 132 Å². The van der Waals surface area contributed by atoms with Crippen LogP contribution in [-0.4, -0.2) is 61.0 Å². The molecule has 1 aromatic heterocycles. The van der Waals surface area contributed by atoms with Gasteiger partial charge >= 0.3 is 0 Å². The second kappa shape index (κ2) is 14.1. The molecule has 1 amide bonds. The van der Waals surface area contributed by atoms with Crippen LogP contribution in [-0.2, 0) is 28.2 Å². The molecule has 4 aromatic carbocycles. The predicted octanol–water partition coefficient (Wildman–Crippen LogP) is 6.27. The average Bonchev–Trinajstić information content (AvgIpc) is 3.82. The Balaban J connectivity index is 1.27. The third kappa shape index (κ3) is 6.15. The van der Waals surface area contributed by atoms with E-state index in [-0.39, 0.29) is 36.0 Å². The van der Waals surface area contributed by atoms with Crippen LogP contribution in [0.1, 0.15) is 41.6 Å². The summed E-state index contributed by atoms with van der Waals surface area (Å²) >= 11 is 0. The lowest BCUT2D eigenvalue weighted by atomic mass is 9.82. The molecular formula is C41H46N4O5Si. The van der Waals surface area contributed by atoms with Crippen molar-refractivity contribution in [1.82, 2.24) is 15.0 Å². The van der Waals surface area contributed by atoms with Crippen molar-refractivity contribution < 1.29 is 24.1 Å². The van der Waals surface area contributed by atoms with Gasteiger partial charge in [0.2, 0.25) is 0 Å². The number of aryl methyl sites for hydroxylation is 1. The minimum atomic E-state index is -2.33. The van der Waals surface area contributed by atoms with E-state index in [4.69, 9.17) is 14.2 Å². The van der Waals surface area contributed by atoms with E-state index in [1.165, 1.54) is 5.19 Å². The third-order valence-electron chi connectivity index (χ3n) is 11.2. The van der Waals surface area contributed by atoms with Crippen LogP contribution in [0.3, 0.4) is 0 Å². The summed E-state index contributed by atoms with van der Waals surface area (Å²) in [6.07, 6.45) is 2.30. The van der Waals surface area contributed by atoms with Gasteiger partial charge in [-0.1, -0.05) is 103 Å². The van der Waals surface area contributed by atoms with Gasteiger partial charge in [0.15, 0.2) is 5.60 Å². The Kier molecular flexibility index (Phi) is 9.58. The molecule has 1 spiro atoms. The number of carbonyl (C=O) groups is 1. The van der Waals surface area contributed by atoms with Crippen LogP contribution >= 0.6 is 0 Å². The molecule has 1 unspecified atom stereocenters. The summed E-state index contributed by atoms with van der Waals surface area (Å²) in [7, 11) is 1.00. The molecule has 5 atom stereocenters. The number of nitrogens with zero attached hydrogens (tertiary/aromatic N) is 4. The van der Waals surface area contributed by atoms with E-state index in [0.29, 0.717) is 31.0 Å². The van der Waals surface area contributed by atoms with Crippen LogP contribution < -0.4 is 19.6 Å². The third-order valence-corrected chi connectivity index (χ3v) is 15.5. The summed E-state index contributed by atoms with van der Waals surface area (Å²) in [5, 5.41) is 20.5. The van der Waals surface area contributed by atoms with E-state index >= 15 is 4.79 Å². The van der Waals surface area contributed by atoms with Gasteiger partial charge in [-0.05, 0) is 53.4 Å². The average molecular weight is 703 g/mol. The van der Waals surface area contributed by atoms with E-state index in [1.54, 1.807) is 14.2 Å². The van der Waals surface area contributed by atoms with Gasteiger partial charge in [-0.3, -0.25) is 9.48 Å². The molecule has 0 aliphatic carbocycles. The Morgan fingerprint density at radius 1 is 0.922 bits per heavy atom. The Morgan fingerprint density at radius 2 is 1.59 bits per heavy atom. The maximum absolute atomic E-state index is 15.1. The summed E-state index contributed by atoms with van der Waals surface area (Å²) in [5.74, 6) is 1.06. The summed E-state index contributed by atoms with van der Waals surface area (Å²) in [6.45, 7) is 7.90. The Labute approximate surface area is 300 Å². The topological polar surface area (TPSA) is 98.9 Å². The van der Waals surface area contributed by atoms with Crippen molar-refractivity contribution in [2.75, 3.05) is 25.7 Å². The van der Waals surface area contributed by atoms with Crippen molar-refractivity contribution in [2.45, 2.75) is 62.7 Å². The lowest BCUT2D eigenvalue weighted by Crippen LogP contribution is -2.51. The van der Waals surface area contributed by atoms with Gasteiger partial charge in [0.1, 0.15) is 11.5 Å². The van der Waals surface area contributed by atoms with Crippen molar-refractivity contribution in [2.24, 2.45) is 5.92 Å². The number of methoxy groups -OCH3 is 2. The lowest BCUT2D eigenvalue weighted by Gasteiger charge is -2.37. The number of amides is 1. The van der Waals surface area contributed by atoms with Crippen LogP contribution in [0.5, 0.6) is 11.5 Å². The van der Waals surface area contributed by atoms with Crippen molar-refractivity contribution in [3.8, 4) is 11.5 Å². The first-order chi connectivity index (χ1) is 24.7. The van der Waals surface area contributed by atoms with E-state index in [9.17, 15) is 5.11 Å². The predicted molar refractivity (Wildman–Crippen MR) is 200 cm³/mol. The zero-order valence-corrected chi connectivity index (χ0v) is 30.9. The molecule has 9 nitrogen and oxygen atoms in total. The molecule has 0 bridgehead atoms. The van der Waals surface area contributed by atoms with Gasteiger partial charge in [-0.25, -0.2) is 0 Å². The first-order valence-electron chi connectivity index (χ1n) is 17.6. The van der Waals surface area contributed by atoms with E-state index in [1.807, 2.05) is 94.6 Å². The lowest BCUT2D eigenvalue weighted by molar-refractivity contribution is -0.146. The number of ether oxygens (including phenoxy) is 3. The molecule has 2 aliphatic heterocycles. The number of aliphatic hydroxyl groups is 1. The standard InChI is InChI=1S/C41H46N4O5Si/c1-28-39(51(4,5)33-19-16-31(48-2)17-20-33)38(22-23-44-26-36(42-43-44)34(27-46)30-14-10-7-11-15-30)50-41(28)35-24-32(49-3)18-21-37(35)45(40(41)47)25-29-12-8-6-9-13-29/h6-21,24,26,28,34,38-39,46H,22-23,25,27H2,1-5H3/t28-,34?,38+,39-,41+/m1/s1. The molecule has 7 rings (SSSR count). The molecule has 3 heterocycles. The highest BCUT2D eigenvalue weighted by molar-refractivity contribution is 6.91. The maximum Gasteiger partial charge on any atom is 0.264 e. The highest BCUT2D eigenvalue weighted by Crippen LogP contribution is 2.60. The van der Waals surface area contributed by atoms with E-state index in [0.717, 1.165) is 28.1 Å². The molecule has 10 heteroatoms. The monoisotopic (exact) mass is 702 g/mol.